The number of Topliss-reactive ketones (excluding diaryl/α,β-unsaturated/α-hetero) is 1. The molecule has 0 saturated heterocycles. The fraction of sp³-hybridized carbons (Fsp3) is 0.500. The number of ketones is 1. The molecule has 1 aromatic heterocycles. The predicted molar refractivity (Wildman–Crippen MR) is 97.8 cm³/mol. The van der Waals surface area contributed by atoms with E-state index < -0.39 is 5.41 Å². The number of hydrogen-bond acceptors (Lipinski definition) is 5. The summed E-state index contributed by atoms with van der Waals surface area (Å²) in [4.78, 5) is 29.7. The van der Waals surface area contributed by atoms with E-state index in [1.165, 1.54) is 11.8 Å². The normalized spacial score (nSPS) is 13.2. The second-order valence-electron chi connectivity index (χ2n) is 6.85. The molecule has 1 heterocycles. The number of nitrogens with zero attached hydrogens (tertiary/aromatic N) is 2. The predicted octanol–water partition coefficient (Wildman–Crippen LogP) is 3.31. The number of ether oxygens (including phenoxy) is 1. The number of methoxy groups -OCH3 is 1. The molecule has 0 saturated carbocycles. The van der Waals surface area contributed by atoms with E-state index >= 15 is 0 Å². The van der Waals surface area contributed by atoms with Crippen molar-refractivity contribution in [3.8, 4) is 0 Å². The monoisotopic (exact) mass is 348 g/mol. The Bertz CT molecular complexity index is 793. The lowest BCUT2D eigenvalue weighted by molar-refractivity contribution is -0.123. The van der Waals surface area contributed by atoms with Crippen LogP contribution in [0.5, 0.6) is 0 Å². The average molecular weight is 348 g/mol. The van der Waals surface area contributed by atoms with Crippen molar-refractivity contribution in [2.45, 2.75) is 38.9 Å². The molecule has 5 nitrogen and oxygen atoms in total. The Hall–Kier alpha value is -1.66. The first-order valence-electron chi connectivity index (χ1n) is 7.92. The number of carbonyl (C=O) groups is 1. The molecular weight excluding hydrogens is 324 g/mol. The maximum atomic E-state index is 12.9. The second kappa shape index (κ2) is 7.49. The fourth-order valence-electron chi connectivity index (χ4n) is 2.28. The Balaban J connectivity index is 2.48. The lowest BCUT2D eigenvalue weighted by atomic mass is 9.92. The summed E-state index contributed by atoms with van der Waals surface area (Å²) in [6.45, 7) is 8.00. The van der Waals surface area contributed by atoms with Gasteiger partial charge in [-0.15, -0.1) is 0 Å². The van der Waals surface area contributed by atoms with Gasteiger partial charge in [0, 0.05) is 12.5 Å². The number of carbonyl (C=O) groups excluding carboxylic acids is 1. The minimum atomic E-state index is -0.410. The van der Waals surface area contributed by atoms with Gasteiger partial charge in [-0.1, -0.05) is 44.7 Å². The third-order valence-corrected chi connectivity index (χ3v) is 4.75. The van der Waals surface area contributed by atoms with Gasteiger partial charge in [0.2, 0.25) is 0 Å². The molecule has 1 atom stereocenters. The van der Waals surface area contributed by atoms with Crippen molar-refractivity contribution in [2.75, 3.05) is 19.5 Å². The van der Waals surface area contributed by atoms with Gasteiger partial charge in [-0.05, 0) is 19.1 Å². The molecule has 0 N–H and O–H groups in total. The number of para-hydroxylation sites is 1. The Morgan fingerprint density at radius 3 is 2.62 bits per heavy atom. The summed E-state index contributed by atoms with van der Waals surface area (Å²) in [7, 11) is 1.60. The molecule has 2 aromatic rings. The molecule has 0 aliphatic carbocycles. The van der Waals surface area contributed by atoms with Crippen LogP contribution in [0.3, 0.4) is 0 Å². The third kappa shape index (κ3) is 4.05. The molecule has 130 valence electrons. The zero-order valence-corrected chi connectivity index (χ0v) is 15.6. The van der Waals surface area contributed by atoms with Crippen LogP contribution in [0.15, 0.2) is 34.2 Å². The van der Waals surface area contributed by atoms with Crippen molar-refractivity contribution >= 4 is 28.4 Å². The maximum absolute atomic E-state index is 12.9. The SMILES string of the molecule is COCC(C)n1c(SCC(=O)C(C)(C)C)nc2ccccc2c1=O. The number of aromatic nitrogens is 2. The van der Waals surface area contributed by atoms with Gasteiger partial charge in [-0.25, -0.2) is 4.98 Å². The van der Waals surface area contributed by atoms with Gasteiger partial charge in [0.25, 0.3) is 5.56 Å². The Morgan fingerprint density at radius 2 is 2.00 bits per heavy atom. The minimum absolute atomic E-state index is 0.101. The summed E-state index contributed by atoms with van der Waals surface area (Å²) in [6, 6.07) is 7.11. The zero-order valence-electron chi connectivity index (χ0n) is 14.8. The standard InChI is InChI=1S/C18H24N2O3S/c1-12(10-23-5)20-16(22)13-8-6-7-9-14(13)19-17(20)24-11-15(21)18(2,3)4/h6-9,12H,10-11H2,1-5H3. The van der Waals surface area contributed by atoms with Crippen LogP contribution in [0.1, 0.15) is 33.7 Å². The van der Waals surface area contributed by atoms with E-state index in [-0.39, 0.29) is 23.1 Å². The van der Waals surface area contributed by atoms with Gasteiger partial charge < -0.3 is 4.74 Å². The summed E-state index contributed by atoms with van der Waals surface area (Å²) < 4.78 is 6.83. The van der Waals surface area contributed by atoms with Crippen LogP contribution in [-0.4, -0.2) is 34.8 Å². The van der Waals surface area contributed by atoms with Crippen LogP contribution >= 0.6 is 11.8 Å². The van der Waals surface area contributed by atoms with Crippen LogP contribution < -0.4 is 5.56 Å². The summed E-state index contributed by atoms with van der Waals surface area (Å²) in [5.41, 5.74) is 0.137. The molecule has 0 amide bonds. The van der Waals surface area contributed by atoms with Crippen LogP contribution in [0.4, 0.5) is 0 Å². The topological polar surface area (TPSA) is 61.2 Å². The van der Waals surface area contributed by atoms with E-state index in [4.69, 9.17) is 4.74 Å². The molecule has 6 heteroatoms. The molecule has 0 aliphatic heterocycles. The molecule has 1 aromatic carbocycles. The number of benzene rings is 1. The molecule has 2 rings (SSSR count). The maximum Gasteiger partial charge on any atom is 0.262 e. The summed E-state index contributed by atoms with van der Waals surface area (Å²) >= 11 is 1.31. The van der Waals surface area contributed by atoms with Crippen molar-refractivity contribution in [1.82, 2.24) is 9.55 Å². The summed E-state index contributed by atoms with van der Waals surface area (Å²) in [5.74, 6) is 0.411. The van der Waals surface area contributed by atoms with Crippen molar-refractivity contribution < 1.29 is 9.53 Å². The first-order valence-corrected chi connectivity index (χ1v) is 8.90. The third-order valence-electron chi connectivity index (χ3n) is 3.79. The highest BCUT2D eigenvalue weighted by atomic mass is 32.2. The van der Waals surface area contributed by atoms with Crippen molar-refractivity contribution in [1.29, 1.82) is 0 Å². The van der Waals surface area contributed by atoms with E-state index in [1.54, 1.807) is 17.7 Å². The number of fused-ring (bicyclic) bond motifs is 1. The van der Waals surface area contributed by atoms with E-state index in [2.05, 4.69) is 4.98 Å². The summed E-state index contributed by atoms with van der Waals surface area (Å²) in [5, 5.41) is 1.13. The van der Waals surface area contributed by atoms with Gasteiger partial charge >= 0.3 is 0 Å². The van der Waals surface area contributed by atoms with Crippen molar-refractivity contribution in [2.24, 2.45) is 5.41 Å². The van der Waals surface area contributed by atoms with Gasteiger partial charge in [0.15, 0.2) is 5.16 Å². The van der Waals surface area contributed by atoms with Crippen LogP contribution in [0.25, 0.3) is 10.9 Å². The Labute approximate surface area is 146 Å². The Kier molecular flexibility index (Phi) is 5.83. The number of thioether (sulfide) groups is 1. The first-order chi connectivity index (χ1) is 11.3. The van der Waals surface area contributed by atoms with Gasteiger partial charge in [0.05, 0.1) is 29.3 Å². The highest BCUT2D eigenvalue weighted by molar-refractivity contribution is 7.99. The van der Waals surface area contributed by atoms with Crippen LogP contribution in [0, 0.1) is 5.41 Å². The van der Waals surface area contributed by atoms with E-state index in [1.807, 2.05) is 45.9 Å². The van der Waals surface area contributed by atoms with Crippen LogP contribution in [-0.2, 0) is 9.53 Å². The lowest BCUT2D eigenvalue weighted by Gasteiger charge is -2.20. The zero-order chi connectivity index (χ0) is 17.9. The summed E-state index contributed by atoms with van der Waals surface area (Å²) in [6.07, 6.45) is 0. The van der Waals surface area contributed by atoms with Gasteiger partial charge in [0.1, 0.15) is 5.78 Å². The minimum Gasteiger partial charge on any atom is -0.383 e. The second-order valence-corrected chi connectivity index (χ2v) is 7.80. The molecule has 0 radical (unpaired) electrons. The molecule has 24 heavy (non-hydrogen) atoms. The quantitative estimate of drug-likeness (QED) is 0.592. The highest BCUT2D eigenvalue weighted by Crippen LogP contribution is 2.24. The molecule has 0 fully saturated rings. The molecular formula is C18H24N2O3S. The molecule has 0 aliphatic rings. The first kappa shape index (κ1) is 18.7. The number of rotatable bonds is 6. The van der Waals surface area contributed by atoms with Crippen molar-refractivity contribution in [3.63, 3.8) is 0 Å². The average Bonchev–Trinajstić information content (AvgIpc) is 2.51. The highest BCUT2D eigenvalue weighted by Gasteiger charge is 2.23. The smallest absolute Gasteiger partial charge is 0.262 e. The largest absolute Gasteiger partial charge is 0.383 e. The van der Waals surface area contributed by atoms with E-state index in [0.29, 0.717) is 22.7 Å². The van der Waals surface area contributed by atoms with Crippen molar-refractivity contribution in [3.05, 3.63) is 34.6 Å². The van der Waals surface area contributed by atoms with Gasteiger partial charge in [-0.2, -0.15) is 0 Å². The number of hydrogen-bond donors (Lipinski definition) is 0. The van der Waals surface area contributed by atoms with Gasteiger partial charge in [-0.3, -0.25) is 14.2 Å². The fourth-order valence-corrected chi connectivity index (χ4v) is 3.54. The lowest BCUT2D eigenvalue weighted by Crippen LogP contribution is -2.29. The van der Waals surface area contributed by atoms with E-state index in [9.17, 15) is 9.59 Å². The molecule has 1 unspecified atom stereocenters. The van der Waals surface area contributed by atoms with Crippen LogP contribution in [0.2, 0.25) is 0 Å². The van der Waals surface area contributed by atoms with E-state index in [0.717, 1.165) is 0 Å². The molecule has 0 spiro atoms. The Morgan fingerprint density at radius 1 is 1.33 bits per heavy atom. The molecule has 0 bridgehead atoms.